The van der Waals surface area contributed by atoms with Crippen LogP contribution in [-0.4, -0.2) is 37.7 Å². The lowest BCUT2D eigenvalue weighted by Crippen LogP contribution is -2.33. The lowest BCUT2D eigenvalue weighted by atomic mass is 9.95. The highest BCUT2D eigenvalue weighted by Crippen LogP contribution is 2.35. The average Bonchev–Trinajstić information content (AvgIpc) is 2.93. The fourth-order valence-electron chi connectivity index (χ4n) is 3.54. The predicted octanol–water partition coefficient (Wildman–Crippen LogP) is 4.49. The second-order valence-electron chi connectivity index (χ2n) is 6.67. The van der Waals surface area contributed by atoms with Gasteiger partial charge in [-0.15, -0.1) is 0 Å². The van der Waals surface area contributed by atoms with Crippen LogP contribution in [0, 0.1) is 0 Å². The molecule has 0 spiro atoms. The van der Waals surface area contributed by atoms with E-state index in [1.165, 1.54) is 12.1 Å². The molecule has 1 heterocycles. The zero-order valence-corrected chi connectivity index (χ0v) is 15.4. The van der Waals surface area contributed by atoms with Crippen LogP contribution in [0.3, 0.4) is 0 Å². The number of rotatable bonds is 5. The third-order valence-corrected chi connectivity index (χ3v) is 4.78. The van der Waals surface area contributed by atoms with Gasteiger partial charge in [0.25, 0.3) is 0 Å². The van der Waals surface area contributed by atoms with Crippen molar-refractivity contribution in [1.29, 1.82) is 0 Å². The number of nitrogens with zero attached hydrogens (tertiary/aromatic N) is 1. The molecule has 1 unspecified atom stereocenters. The molecule has 1 aliphatic heterocycles. The first-order valence-electron chi connectivity index (χ1n) is 9.33. The van der Waals surface area contributed by atoms with E-state index in [4.69, 9.17) is 4.74 Å². The van der Waals surface area contributed by atoms with Gasteiger partial charge in [-0.1, -0.05) is 24.3 Å². The van der Waals surface area contributed by atoms with Crippen LogP contribution in [0.1, 0.15) is 36.1 Å². The number of nitrogens with one attached hydrogen (secondary N) is 1. The Kier molecular flexibility index (Phi) is 6.39. The highest BCUT2D eigenvalue weighted by Gasteiger charge is 2.32. The Morgan fingerprint density at radius 1 is 1.04 bits per heavy atom. The molecule has 0 bridgehead atoms. The van der Waals surface area contributed by atoms with Crippen molar-refractivity contribution in [2.45, 2.75) is 25.6 Å². The van der Waals surface area contributed by atoms with Crippen molar-refractivity contribution < 1.29 is 17.9 Å². The van der Waals surface area contributed by atoms with Crippen molar-refractivity contribution in [3.05, 3.63) is 65.2 Å². The lowest BCUT2D eigenvalue weighted by Gasteiger charge is -2.32. The van der Waals surface area contributed by atoms with E-state index in [2.05, 4.69) is 10.2 Å². The fraction of sp³-hybridized carbons (Fsp3) is 0.429. The Labute approximate surface area is 158 Å². The highest BCUT2D eigenvalue weighted by atomic mass is 19.4. The quantitative estimate of drug-likeness (QED) is 0.830. The van der Waals surface area contributed by atoms with E-state index in [0.717, 1.165) is 50.0 Å². The molecular weight excluding hydrogens is 353 g/mol. The summed E-state index contributed by atoms with van der Waals surface area (Å²) < 4.78 is 45.2. The maximum Gasteiger partial charge on any atom is 0.416 e. The van der Waals surface area contributed by atoms with Gasteiger partial charge >= 0.3 is 6.18 Å². The topological polar surface area (TPSA) is 24.5 Å². The first-order valence-corrected chi connectivity index (χ1v) is 9.33. The van der Waals surface area contributed by atoms with E-state index in [-0.39, 0.29) is 6.04 Å². The van der Waals surface area contributed by atoms with Crippen molar-refractivity contribution in [1.82, 2.24) is 10.2 Å². The summed E-state index contributed by atoms with van der Waals surface area (Å²) in [5.41, 5.74) is 1.03. The van der Waals surface area contributed by atoms with E-state index < -0.39 is 11.7 Å². The minimum atomic E-state index is -4.35. The zero-order chi connectivity index (χ0) is 19.3. The summed E-state index contributed by atoms with van der Waals surface area (Å²) in [6.45, 7) is 5.87. The number of ether oxygens (including phenoxy) is 1. The number of hydrogen-bond acceptors (Lipinski definition) is 3. The van der Waals surface area contributed by atoms with Gasteiger partial charge in [-0.05, 0) is 55.3 Å². The highest BCUT2D eigenvalue weighted by molar-refractivity contribution is 5.38. The van der Waals surface area contributed by atoms with E-state index in [1.54, 1.807) is 6.07 Å². The molecule has 6 heteroatoms. The molecule has 27 heavy (non-hydrogen) atoms. The summed E-state index contributed by atoms with van der Waals surface area (Å²) in [6, 6.07) is 13.1. The van der Waals surface area contributed by atoms with Crippen LogP contribution in [0.25, 0.3) is 0 Å². The van der Waals surface area contributed by atoms with Crippen LogP contribution in [0.5, 0.6) is 5.75 Å². The van der Waals surface area contributed by atoms with E-state index >= 15 is 0 Å². The van der Waals surface area contributed by atoms with Gasteiger partial charge in [0.2, 0.25) is 0 Å². The largest absolute Gasteiger partial charge is 0.494 e. The maximum atomic E-state index is 13.2. The Bertz CT molecular complexity index is 723. The monoisotopic (exact) mass is 378 g/mol. The predicted molar refractivity (Wildman–Crippen MR) is 100.0 cm³/mol. The van der Waals surface area contributed by atoms with Gasteiger partial charge in [0, 0.05) is 19.6 Å². The first-order chi connectivity index (χ1) is 13.0. The summed E-state index contributed by atoms with van der Waals surface area (Å²) in [5, 5.41) is 3.35. The van der Waals surface area contributed by atoms with E-state index in [1.807, 2.05) is 31.2 Å². The van der Waals surface area contributed by atoms with E-state index in [0.29, 0.717) is 12.2 Å². The van der Waals surface area contributed by atoms with Crippen molar-refractivity contribution in [2.24, 2.45) is 0 Å². The molecule has 3 rings (SSSR count). The van der Waals surface area contributed by atoms with Crippen molar-refractivity contribution in [3.8, 4) is 5.75 Å². The molecule has 0 aliphatic carbocycles. The Morgan fingerprint density at radius 2 is 1.81 bits per heavy atom. The molecule has 0 saturated carbocycles. The molecule has 1 fully saturated rings. The van der Waals surface area contributed by atoms with Crippen LogP contribution in [0.2, 0.25) is 0 Å². The molecule has 0 amide bonds. The van der Waals surface area contributed by atoms with Gasteiger partial charge < -0.3 is 10.1 Å². The molecule has 146 valence electrons. The molecule has 0 radical (unpaired) electrons. The fourth-order valence-corrected chi connectivity index (χ4v) is 3.54. The summed E-state index contributed by atoms with van der Waals surface area (Å²) >= 11 is 0. The van der Waals surface area contributed by atoms with Crippen LogP contribution in [0.4, 0.5) is 13.2 Å². The summed E-state index contributed by atoms with van der Waals surface area (Å²) in [4.78, 5) is 2.26. The molecule has 1 N–H and O–H groups in total. The Balaban J connectivity index is 1.99. The molecule has 2 aromatic carbocycles. The molecule has 0 aromatic heterocycles. The van der Waals surface area contributed by atoms with E-state index in [9.17, 15) is 13.2 Å². The maximum absolute atomic E-state index is 13.2. The van der Waals surface area contributed by atoms with Crippen LogP contribution in [-0.2, 0) is 6.18 Å². The van der Waals surface area contributed by atoms with Crippen molar-refractivity contribution in [2.75, 3.05) is 32.8 Å². The molecular formula is C21H25F3N2O. The average molecular weight is 378 g/mol. The molecule has 2 aromatic rings. The summed E-state index contributed by atoms with van der Waals surface area (Å²) in [6.07, 6.45) is -3.38. The van der Waals surface area contributed by atoms with Gasteiger partial charge in [-0.25, -0.2) is 0 Å². The van der Waals surface area contributed by atoms with Gasteiger partial charge in [0.1, 0.15) is 5.75 Å². The van der Waals surface area contributed by atoms with Gasteiger partial charge in [0.05, 0.1) is 18.2 Å². The molecule has 3 nitrogen and oxygen atoms in total. The summed E-state index contributed by atoms with van der Waals surface area (Å²) in [5.74, 6) is 0.765. The first kappa shape index (κ1) is 19.7. The van der Waals surface area contributed by atoms with Crippen LogP contribution >= 0.6 is 0 Å². The van der Waals surface area contributed by atoms with Gasteiger partial charge in [-0.3, -0.25) is 4.90 Å². The van der Waals surface area contributed by atoms with Crippen molar-refractivity contribution in [3.63, 3.8) is 0 Å². The number of alkyl halides is 3. The minimum absolute atomic E-state index is 0.220. The SMILES string of the molecule is CCOc1ccc(C(c2cccc(C(F)(F)F)c2)N2CCCNCC2)cc1. The number of hydrogen-bond donors (Lipinski definition) is 1. The summed E-state index contributed by atoms with van der Waals surface area (Å²) in [7, 11) is 0. The molecule has 1 atom stereocenters. The van der Waals surface area contributed by atoms with Crippen LogP contribution in [0.15, 0.2) is 48.5 Å². The zero-order valence-electron chi connectivity index (χ0n) is 15.4. The lowest BCUT2D eigenvalue weighted by molar-refractivity contribution is -0.137. The normalized spacial score (nSPS) is 17.3. The minimum Gasteiger partial charge on any atom is -0.494 e. The molecule has 1 saturated heterocycles. The van der Waals surface area contributed by atoms with Gasteiger partial charge in [0.15, 0.2) is 0 Å². The molecule has 1 aliphatic rings. The van der Waals surface area contributed by atoms with Gasteiger partial charge in [-0.2, -0.15) is 13.2 Å². The second-order valence-corrected chi connectivity index (χ2v) is 6.67. The number of halogens is 3. The third-order valence-electron chi connectivity index (χ3n) is 4.78. The van der Waals surface area contributed by atoms with Crippen molar-refractivity contribution >= 4 is 0 Å². The number of benzene rings is 2. The smallest absolute Gasteiger partial charge is 0.416 e. The Hall–Kier alpha value is -2.05. The standard InChI is InChI=1S/C21H25F3N2O/c1-2-27-19-9-7-16(8-10-19)20(26-13-4-11-25-12-14-26)17-5-3-6-18(15-17)21(22,23)24/h3,5-10,15,20,25H,2,4,11-14H2,1H3. The third kappa shape index (κ3) is 5.02. The second kappa shape index (κ2) is 8.76. The van der Waals surface area contributed by atoms with Crippen LogP contribution < -0.4 is 10.1 Å². The Morgan fingerprint density at radius 3 is 2.52 bits per heavy atom.